The molecule has 0 aromatic heterocycles. The number of ketones is 1. The van der Waals surface area contributed by atoms with Crippen molar-refractivity contribution in [2.45, 2.75) is 44.0 Å². The van der Waals surface area contributed by atoms with E-state index in [0.717, 1.165) is 25.2 Å². The summed E-state index contributed by atoms with van der Waals surface area (Å²) in [5, 5.41) is 0. The highest BCUT2D eigenvalue weighted by Crippen LogP contribution is 2.42. The summed E-state index contributed by atoms with van der Waals surface area (Å²) in [4.78, 5) is 12.3. The summed E-state index contributed by atoms with van der Waals surface area (Å²) in [5.74, 6) is 1.74. The molecule has 0 aromatic carbocycles. The fraction of sp³-hybridized carbons (Fsp3) is 0.909. The van der Waals surface area contributed by atoms with E-state index >= 15 is 0 Å². The Morgan fingerprint density at radius 1 is 1.57 bits per heavy atom. The van der Waals surface area contributed by atoms with Crippen molar-refractivity contribution in [3.8, 4) is 0 Å². The van der Waals surface area contributed by atoms with Crippen LogP contribution in [0.1, 0.15) is 33.1 Å². The Morgan fingerprint density at radius 2 is 2.36 bits per heavy atom. The fourth-order valence-corrected chi connectivity index (χ4v) is 3.76. The molecule has 2 saturated heterocycles. The molecule has 2 heterocycles. The zero-order chi connectivity index (χ0) is 10.2. The zero-order valence-electron chi connectivity index (χ0n) is 8.91. The number of thioether (sulfide) groups is 1. The lowest BCUT2D eigenvalue weighted by atomic mass is 9.87. The van der Waals surface area contributed by atoms with Crippen molar-refractivity contribution in [3.63, 3.8) is 0 Å². The lowest BCUT2D eigenvalue weighted by Gasteiger charge is -2.26. The average Bonchev–Trinajstić information content (AvgIpc) is 2.74. The predicted molar refractivity (Wildman–Crippen MR) is 58.6 cm³/mol. The predicted octanol–water partition coefficient (Wildman–Crippen LogP) is 2.27. The first-order valence-corrected chi connectivity index (χ1v) is 6.42. The van der Waals surface area contributed by atoms with Crippen LogP contribution in [0.3, 0.4) is 0 Å². The lowest BCUT2D eigenvalue weighted by Crippen LogP contribution is -2.37. The van der Waals surface area contributed by atoms with Gasteiger partial charge in [-0.25, -0.2) is 0 Å². The first kappa shape index (κ1) is 10.5. The summed E-state index contributed by atoms with van der Waals surface area (Å²) in [6.45, 7) is 4.90. The summed E-state index contributed by atoms with van der Waals surface area (Å²) in [5.41, 5.74) is 0. The number of carbonyl (C=O) groups excluding carboxylic acids is 1. The highest BCUT2D eigenvalue weighted by Gasteiger charge is 2.44. The molecule has 2 fully saturated rings. The Bertz CT molecular complexity index is 233. The van der Waals surface area contributed by atoms with Crippen LogP contribution in [0.5, 0.6) is 0 Å². The van der Waals surface area contributed by atoms with Gasteiger partial charge in [-0.2, -0.15) is 0 Å². The normalized spacial score (nSPS) is 43.0. The second-order valence-corrected chi connectivity index (χ2v) is 6.12. The van der Waals surface area contributed by atoms with Gasteiger partial charge in [-0.05, 0) is 38.9 Å². The third-order valence-electron chi connectivity index (χ3n) is 3.45. The molecule has 80 valence electrons. The van der Waals surface area contributed by atoms with Crippen molar-refractivity contribution in [2.75, 3.05) is 12.4 Å². The van der Waals surface area contributed by atoms with Crippen molar-refractivity contribution in [1.29, 1.82) is 0 Å². The molecule has 3 heteroatoms. The van der Waals surface area contributed by atoms with Crippen LogP contribution in [0.25, 0.3) is 0 Å². The van der Waals surface area contributed by atoms with Crippen LogP contribution in [-0.4, -0.2) is 29.0 Å². The standard InChI is InChI=1S/C11H18O2S/c1-8-9(4-6-13-8)10(12)11(2)5-3-7-14-11/h8-9H,3-7H2,1-2H3. The van der Waals surface area contributed by atoms with Crippen LogP contribution in [0.4, 0.5) is 0 Å². The number of hydrogen-bond donors (Lipinski definition) is 0. The molecule has 0 spiro atoms. The van der Waals surface area contributed by atoms with Crippen molar-refractivity contribution < 1.29 is 9.53 Å². The zero-order valence-corrected chi connectivity index (χ0v) is 9.73. The van der Waals surface area contributed by atoms with Crippen molar-refractivity contribution in [1.82, 2.24) is 0 Å². The Labute approximate surface area is 89.8 Å². The summed E-state index contributed by atoms with van der Waals surface area (Å²) in [7, 11) is 0. The number of Topliss-reactive ketones (excluding diaryl/α,β-unsaturated/α-hetero) is 1. The van der Waals surface area contributed by atoms with E-state index in [0.29, 0.717) is 5.78 Å². The number of hydrogen-bond acceptors (Lipinski definition) is 3. The summed E-state index contributed by atoms with van der Waals surface area (Å²) in [6, 6.07) is 0. The Hall–Kier alpha value is -0.0200. The van der Waals surface area contributed by atoms with Gasteiger partial charge in [-0.1, -0.05) is 0 Å². The fourth-order valence-electron chi connectivity index (χ4n) is 2.44. The second kappa shape index (κ2) is 3.86. The number of rotatable bonds is 2. The Kier molecular flexibility index (Phi) is 2.89. The van der Waals surface area contributed by atoms with Gasteiger partial charge in [0.2, 0.25) is 0 Å². The average molecular weight is 214 g/mol. The van der Waals surface area contributed by atoms with Gasteiger partial charge in [-0.3, -0.25) is 4.79 Å². The van der Waals surface area contributed by atoms with Gasteiger partial charge in [0, 0.05) is 12.5 Å². The minimum atomic E-state index is -0.105. The molecule has 0 bridgehead atoms. The van der Waals surface area contributed by atoms with Gasteiger partial charge in [0.15, 0.2) is 5.78 Å². The molecule has 2 aliphatic rings. The Morgan fingerprint density at radius 3 is 2.86 bits per heavy atom. The molecule has 14 heavy (non-hydrogen) atoms. The van der Waals surface area contributed by atoms with Gasteiger partial charge in [-0.15, -0.1) is 11.8 Å². The minimum Gasteiger partial charge on any atom is -0.378 e. The van der Waals surface area contributed by atoms with Crippen LogP contribution in [0.2, 0.25) is 0 Å². The smallest absolute Gasteiger partial charge is 0.154 e. The van der Waals surface area contributed by atoms with Crippen LogP contribution in [0.15, 0.2) is 0 Å². The molecular weight excluding hydrogens is 196 g/mol. The molecule has 3 atom stereocenters. The van der Waals surface area contributed by atoms with E-state index in [-0.39, 0.29) is 16.8 Å². The van der Waals surface area contributed by atoms with Crippen LogP contribution in [0, 0.1) is 5.92 Å². The monoisotopic (exact) mass is 214 g/mol. The highest BCUT2D eigenvalue weighted by molar-refractivity contribution is 8.01. The van der Waals surface area contributed by atoms with Gasteiger partial charge >= 0.3 is 0 Å². The van der Waals surface area contributed by atoms with E-state index in [1.54, 1.807) is 0 Å². The molecule has 0 aromatic rings. The molecule has 2 aliphatic heterocycles. The van der Waals surface area contributed by atoms with E-state index in [9.17, 15) is 4.79 Å². The molecule has 0 saturated carbocycles. The topological polar surface area (TPSA) is 26.3 Å². The summed E-state index contributed by atoms with van der Waals surface area (Å²) in [6.07, 6.45) is 3.31. The molecule has 0 aliphatic carbocycles. The minimum absolute atomic E-state index is 0.105. The van der Waals surface area contributed by atoms with E-state index in [1.807, 2.05) is 18.7 Å². The molecule has 0 N–H and O–H groups in total. The molecule has 0 radical (unpaired) electrons. The second-order valence-electron chi connectivity index (χ2n) is 4.52. The number of carbonyl (C=O) groups is 1. The lowest BCUT2D eigenvalue weighted by molar-refractivity contribution is -0.126. The Balaban J connectivity index is 2.06. The molecule has 0 amide bonds. The number of ether oxygens (including phenoxy) is 1. The summed E-state index contributed by atoms with van der Waals surface area (Å²) >= 11 is 1.84. The maximum atomic E-state index is 12.3. The highest BCUT2D eigenvalue weighted by atomic mass is 32.2. The van der Waals surface area contributed by atoms with Crippen LogP contribution in [-0.2, 0) is 9.53 Å². The van der Waals surface area contributed by atoms with Gasteiger partial charge in [0.1, 0.15) is 0 Å². The van der Waals surface area contributed by atoms with E-state index < -0.39 is 0 Å². The molecule has 2 rings (SSSR count). The van der Waals surface area contributed by atoms with Crippen molar-refractivity contribution in [2.24, 2.45) is 5.92 Å². The van der Waals surface area contributed by atoms with Crippen molar-refractivity contribution in [3.05, 3.63) is 0 Å². The van der Waals surface area contributed by atoms with E-state index in [4.69, 9.17) is 4.74 Å². The quantitative estimate of drug-likeness (QED) is 0.705. The van der Waals surface area contributed by atoms with Gasteiger partial charge < -0.3 is 4.74 Å². The van der Waals surface area contributed by atoms with Gasteiger partial charge in [0.05, 0.1) is 10.9 Å². The van der Waals surface area contributed by atoms with Crippen LogP contribution >= 0.6 is 11.8 Å². The maximum absolute atomic E-state index is 12.3. The van der Waals surface area contributed by atoms with Crippen LogP contribution < -0.4 is 0 Å². The first-order valence-electron chi connectivity index (χ1n) is 5.43. The third kappa shape index (κ3) is 1.72. The SMILES string of the molecule is CC1OCCC1C(=O)C1(C)CCCS1. The van der Waals surface area contributed by atoms with E-state index in [2.05, 4.69) is 6.92 Å². The summed E-state index contributed by atoms with van der Waals surface area (Å²) < 4.78 is 5.36. The molecular formula is C11H18O2S. The maximum Gasteiger partial charge on any atom is 0.154 e. The molecule has 2 nitrogen and oxygen atoms in total. The van der Waals surface area contributed by atoms with Gasteiger partial charge in [0.25, 0.3) is 0 Å². The van der Waals surface area contributed by atoms with Crippen molar-refractivity contribution >= 4 is 17.5 Å². The molecule has 3 unspecified atom stereocenters. The van der Waals surface area contributed by atoms with E-state index in [1.165, 1.54) is 6.42 Å². The first-order chi connectivity index (χ1) is 6.63. The largest absolute Gasteiger partial charge is 0.378 e. The third-order valence-corrected chi connectivity index (χ3v) is 4.99.